The molecule has 0 bridgehead atoms. The topological polar surface area (TPSA) is 56.0 Å². The van der Waals surface area contributed by atoms with Gasteiger partial charge in [-0.1, -0.05) is 41.9 Å². The van der Waals surface area contributed by atoms with Gasteiger partial charge in [-0.3, -0.25) is 10.1 Å². The Morgan fingerprint density at radius 3 is 2.67 bits per heavy atom. The van der Waals surface area contributed by atoms with Crippen molar-refractivity contribution in [3.8, 4) is 0 Å². The summed E-state index contributed by atoms with van der Waals surface area (Å²) in [5, 5.41) is 11.1. The van der Waals surface area contributed by atoms with Crippen LogP contribution in [0, 0.1) is 10.1 Å². The Hall–Kier alpha value is -1.59. The number of halogens is 1. The van der Waals surface area contributed by atoms with E-state index >= 15 is 0 Å². The highest BCUT2D eigenvalue weighted by atomic mass is 35.5. The fraction of sp³-hybridized carbons (Fsp3) is 0.0833. The molecule has 0 saturated carbocycles. The van der Waals surface area contributed by atoms with Crippen molar-refractivity contribution in [2.24, 2.45) is 0 Å². The highest BCUT2D eigenvalue weighted by Gasteiger charge is 2.18. The van der Waals surface area contributed by atoms with Crippen LogP contribution in [0.4, 0.5) is 5.69 Å². The molecule has 92 valence electrons. The van der Waals surface area contributed by atoms with Gasteiger partial charge in [-0.25, -0.2) is 4.98 Å². The van der Waals surface area contributed by atoms with Crippen molar-refractivity contribution < 1.29 is 4.92 Å². The predicted octanol–water partition coefficient (Wildman–Crippen LogP) is 3.94. The zero-order chi connectivity index (χ0) is 13.0. The second-order valence-corrected chi connectivity index (χ2v) is 4.83. The van der Waals surface area contributed by atoms with Gasteiger partial charge in [0, 0.05) is 18.0 Å². The number of thioether (sulfide) groups is 1. The quantitative estimate of drug-likeness (QED) is 0.368. The van der Waals surface area contributed by atoms with Crippen LogP contribution in [0.3, 0.4) is 0 Å². The van der Waals surface area contributed by atoms with Gasteiger partial charge in [0.25, 0.3) is 5.69 Å². The number of hydrogen-bond acceptors (Lipinski definition) is 4. The van der Waals surface area contributed by atoms with E-state index in [2.05, 4.69) is 4.98 Å². The molecule has 0 aliphatic carbocycles. The molecule has 1 heterocycles. The summed E-state index contributed by atoms with van der Waals surface area (Å²) >= 11 is 7.22. The average Bonchev–Trinajstić information content (AvgIpc) is 2.38. The fourth-order valence-electron chi connectivity index (χ4n) is 1.42. The van der Waals surface area contributed by atoms with Crippen LogP contribution in [0.1, 0.15) is 5.56 Å². The molecule has 1 aromatic carbocycles. The van der Waals surface area contributed by atoms with E-state index in [4.69, 9.17) is 11.6 Å². The Kier molecular flexibility index (Phi) is 4.17. The van der Waals surface area contributed by atoms with E-state index in [1.807, 2.05) is 30.3 Å². The lowest BCUT2D eigenvalue weighted by atomic mass is 10.2. The van der Waals surface area contributed by atoms with Gasteiger partial charge in [0.05, 0.1) is 4.92 Å². The lowest BCUT2D eigenvalue weighted by Gasteiger charge is -2.04. The third-order valence-corrected chi connectivity index (χ3v) is 3.83. The van der Waals surface area contributed by atoms with Crippen molar-refractivity contribution >= 4 is 29.1 Å². The van der Waals surface area contributed by atoms with Crippen LogP contribution < -0.4 is 0 Å². The molecule has 0 spiro atoms. The molecule has 0 atom stereocenters. The standard InChI is InChI=1S/C12H9ClN2O2S/c13-12-11(10(15(16)17)6-7-14-12)18-8-9-4-2-1-3-5-9/h1-7H,8H2. The molecule has 2 rings (SSSR count). The zero-order valence-corrected chi connectivity index (χ0v) is 10.8. The maximum absolute atomic E-state index is 10.9. The Morgan fingerprint density at radius 1 is 1.28 bits per heavy atom. The summed E-state index contributed by atoms with van der Waals surface area (Å²) in [5.74, 6) is 0.618. The van der Waals surface area contributed by atoms with Crippen LogP contribution in [-0.4, -0.2) is 9.91 Å². The van der Waals surface area contributed by atoms with Crippen LogP contribution in [0.2, 0.25) is 5.15 Å². The molecule has 0 N–H and O–H groups in total. The van der Waals surface area contributed by atoms with E-state index < -0.39 is 4.92 Å². The monoisotopic (exact) mass is 280 g/mol. The molecular weight excluding hydrogens is 272 g/mol. The molecule has 0 amide bonds. The van der Waals surface area contributed by atoms with Gasteiger partial charge in [0.1, 0.15) is 10.0 Å². The summed E-state index contributed by atoms with van der Waals surface area (Å²) in [6, 6.07) is 11.1. The van der Waals surface area contributed by atoms with Gasteiger partial charge in [-0.2, -0.15) is 0 Å². The van der Waals surface area contributed by atoms with Crippen molar-refractivity contribution in [3.63, 3.8) is 0 Å². The van der Waals surface area contributed by atoms with E-state index in [0.717, 1.165) is 5.56 Å². The number of aromatic nitrogens is 1. The number of benzene rings is 1. The predicted molar refractivity (Wildman–Crippen MR) is 71.9 cm³/mol. The van der Waals surface area contributed by atoms with Crippen LogP contribution in [0.5, 0.6) is 0 Å². The molecule has 2 aromatic rings. The van der Waals surface area contributed by atoms with E-state index in [-0.39, 0.29) is 10.8 Å². The third-order valence-electron chi connectivity index (χ3n) is 2.26. The molecule has 4 nitrogen and oxygen atoms in total. The molecule has 0 aliphatic heterocycles. The summed E-state index contributed by atoms with van der Waals surface area (Å²) in [7, 11) is 0. The lowest BCUT2D eigenvalue weighted by Crippen LogP contribution is -1.93. The summed E-state index contributed by atoms with van der Waals surface area (Å²) in [4.78, 5) is 14.7. The molecule has 0 saturated heterocycles. The first-order chi connectivity index (χ1) is 8.68. The second-order valence-electron chi connectivity index (χ2n) is 3.48. The van der Waals surface area contributed by atoms with Crippen molar-refractivity contribution in [2.75, 3.05) is 0 Å². The summed E-state index contributed by atoms with van der Waals surface area (Å²) in [6.07, 6.45) is 1.34. The van der Waals surface area contributed by atoms with Gasteiger partial charge in [-0.05, 0) is 5.56 Å². The summed E-state index contributed by atoms with van der Waals surface area (Å²) in [5.41, 5.74) is 1.08. The highest BCUT2D eigenvalue weighted by Crippen LogP contribution is 2.35. The number of nitro groups is 1. The second kappa shape index (κ2) is 5.84. The van der Waals surface area contributed by atoms with E-state index in [9.17, 15) is 10.1 Å². The molecular formula is C12H9ClN2O2S. The first kappa shape index (κ1) is 12.9. The first-order valence-electron chi connectivity index (χ1n) is 5.14. The Balaban J connectivity index is 2.21. The van der Waals surface area contributed by atoms with Crippen molar-refractivity contribution in [2.45, 2.75) is 10.6 Å². The summed E-state index contributed by atoms with van der Waals surface area (Å²) < 4.78 is 0. The van der Waals surface area contributed by atoms with Crippen LogP contribution >= 0.6 is 23.4 Å². The van der Waals surface area contributed by atoms with E-state index in [1.165, 1.54) is 24.0 Å². The van der Waals surface area contributed by atoms with Crippen LogP contribution in [-0.2, 0) is 5.75 Å². The molecule has 0 radical (unpaired) electrons. The number of hydrogen-bond donors (Lipinski definition) is 0. The maximum Gasteiger partial charge on any atom is 0.287 e. The molecule has 1 aromatic heterocycles. The zero-order valence-electron chi connectivity index (χ0n) is 9.25. The van der Waals surface area contributed by atoms with E-state index in [1.54, 1.807) is 0 Å². The molecule has 0 fully saturated rings. The third kappa shape index (κ3) is 3.00. The van der Waals surface area contributed by atoms with Crippen LogP contribution in [0.15, 0.2) is 47.5 Å². The minimum Gasteiger partial charge on any atom is -0.258 e. The molecule has 0 aliphatic rings. The van der Waals surface area contributed by atoms with Crippen molar-refractivity contribution in [1.82, 2.24) is 4.98 Å². The largest absolute Gasteiger partial charge is 0.287 e. The summed E-state index contributed by atoms with van der Waals surface area (Å²) in [6.45, 7) is 0. The van der Waals surface area contributed by atoms with E-state index in [0.29, 0.717) is 10.6 Å². The SMILES string of the molecule is O=[N+]([O-])c1ccnc(Cl)c1SCc1ccccc1. The smallest absolute Gasteiger partial charge is 0.258 e. The Bertz CT molecular complexity index is 563. The van der Waals surface area contributed by atoms with Gasteiger partial charge >= 0.3 is 0 Å². The Morgan fingerprint density at radius 2 is 2.00 bits per heavy atom. The normalized spacial score (nSPS) is 10.3. The maximum atomic E-state index is 10.9. The number of pyridine rings is 1. The van der Waals surface area contributed by atoms with Gasteiger partial charge in [-0.15, -0.1) is 11.8 Å². The van der Waals surface area contributed by atoms with Gasteiger partial charge in [0.15, 0.2) is 0 Å². The minimum atomic E-state index is -0.444. The average molecular weight is 281 g/mol. The minimum absolute atomic E-state index is 0.00377. The van der Waals surface area contributed by atoms with Gasteiger partial charge < -0.3 is 0 Å². The van der Waals surface area contributed by atoms with Crippen LogP contribution in [0.25, 0.3) is 0 Å². The first-order valence-corrected chi connectivity index (χ1v) is 6.50. The Labute approximate surface area is 113 Å². The molecule has 0 unspecified atom stereocenters. The van der Waals surface area contributed by atoms with Gasteiger partial charge in [0.2, 0.25) is 0 Å². The fourth-order valence-corrected chi connectivity index (χ4v) is 2.70. The van der Waals surface area contributed by atoms with Crippen molar-refractivity contribution in [1.29, 1.82) is 0 Å². The van der Waals surface area contributed by atoms with Crippen molar-refractivity contribution in [3.05, 3.63) is 63.4 Å². The lowest BCUT2D eigenvalue weighted by molar-refractivity contribution is -0.387. The molecule has 6 heteroatoms. The highest BCUT2D eigenvalue weighted by molar-refractivity contribution is 7.98. The number of nitrogens with zero attached hydrogens (tertiary/aromatic N) is 2. The number of rotatable bonds is 4. The molecule has 18 heavy (non-hydrogen) atoms.